The molecular weight excluding hydrogens is 376 g/mol. The number of rotatable bonds is 4. The minimum atomic E-state index is -0.529. The predicted molar refractivity (Wildman–Crippen MR) is 118 cm³/mol. The molecule has 4 aliphatic rings. The molecule has 0 spiro atoms. The third kappa shape index (κ3) is 3.76. The molecule has 0 aliphatic heterocycles. The van der Waals surface area contributed by atoms with Gasteiger partial charge in [-0.1, -0.05) is 35.8 Å². The van der Waals surface area contributed by atoms with Gasteiger partial charge >= 0.3 is 0 Å². The van der Waals surface area contributed by atoms with Crippen LogP contribution in [0.15, 0.2) is 34.9 Å². The molecule has 166 valence electrons. The Bertz CT molecular complexity index is 776. The maximum absolute atomic E-state index is 13.1. The first-order valence-electron chi connectivity index (χ1n) is 11.8. The molecule has 2 saturated carbocycles. The van der Waals surface area contributed by atoms with E-state index in [0.717, 1.165) is 32.1 Å². The molecule has 4 nitrogen and oxygen atoms in total. The van der Waals surface area contributed by atoms with Crippen molar-refractivity contribution in [2.75, 3.05) is 7.11 Å². The van der Waals surface area contributed by atoms with Gasteiger partial charge in [0.1, 0.15) is 6.10 Å². The van der Waals surface area contributed by atoms with Gasteiger partial charge in [-0.15, -0.1) is 0 Å². The lowest BCUT2D eigenvalue weighted by Gasteiger charge is -2.46. The number of ketones is 1. The second-order valence-corrected chi connectivity index (χ2v) is 10.5. The van der Waals surface area contributed by atoms with E-state index in [-0.39, 0.29) is 29.3 Å². The second kappa shape index (κ2) is 8.37. The van der Waals surface area contributed by atoms with E-state index in [4.69, 9.17) is 4.74 Å². The Morgan fingerprint density at radius 3 is 2.80 bits per heavy atom. The van der Waals surface area contributed by atoms with Gasteiger partial charge in [0.15, 0.2) is 5.78 Å². The number of fused-ring (bicyclic) bond motifs is 6. The molecule has 0 amide bonds. The van der Waals surface area contributed by atoms with Gasteiger partial charge in [0.05, 0.1) is 12.2 Å². The highest BCUT2D eigenvalue weighted by Gasteiger charge is 2.53. The summed E-state index contributed by atoms with van der Waals surface area (Å²) in [6.07, 6.45) is 11.8. The summed E-state index contributed by atoms with van der Waals surface area (Å²) in [6, 6.07) is 0. The van der Waals surface area contributed by atoms with E-state index >= 15 is 0 Å². The Labute approximate surface area is 181 Å². The summed E-state index contributed by atoms with van der Waals surface area (Å²) < 4.78 is 5.48. The molecule has 4 aliphatic carbocycles. The van der Waals surface area contributed by atoms with E-state index in [0.29, 0.717) is 30.6 Å². The molecule has 4 rings (SSSR count). The van der Waals surface area contributed by atoms with Crippen molar-refractivity contribution in [2.24, 2.45) is 29.1 Å². The number of carbonyl (C=O) groups is 1. The zero-order chi connectivity index (χ0) is 21.6. The Kier molecular flexibility index (Phi) is 6.13. The molecule has 2 N–H and O–H groups in total. The monoisotopic (exact) mass is 414 g/mol. The van der Waals surface area contributed by atoms with Crippen molar-refractivity contribution in [3.8, 4) is 0 Å². The lowest BCUT2D eigenvalue weighted by Crippen LogP contribution is -2.38. The molecular formula is C26H38O4. The number of aliphatic hydroxyl groups excluding tert-OH is 2. The van der Waals surface area contributed by atoms with Crippen LogP contribution < -0.4 is 0 Å². The van der Waals surface area contributed by atoms with Gasteiger partial charge in [-0.05, 0) is 82.1 Å². The number of allylic oxidation sites excluding steroid dienone is 4. The molecule has 0 saturated heterocycles. The van der Waals surface area contributed by atoms with Crippen LogP contribution in [0.3, 0.4) is 0 Å². The molecule has 2 fully saturated rings. The van der Waals surface area contributed by atoms with E-state index in [1.54, 1.807) is 14.0 Å². The van der Waals surface area contributed by atoms with Gasteiger partial charge < -0.3 is 14.9 Å². The highest BCUT2D eigenvalue weighted by molar-refractivity contribution is 5.93. The standard InChI is InChI=1S/C26H38O4/c1-15(11-25(30-4)16(2)27)22-7-8-23-21-14-24(29)18-12-17(5-6-19(28)13-18)20(21)9-10-26(22,23)3/h5,11,14,16,18-20,22-23,25,27-28H,6-10,12-13H2,1-4H3/b15-11+/t16-,18+,19+,20-,22?,23+,25+,26-/m1/s1. The third-order valence-corrected chi connectivity index (χ3v) is 8.69. The van der Waals surface area contributed by atoms with Crippen molar-refractivity contribution in [2.45, 2.75) is 84.0 Å². The Morgan fingerprint density at radius 2 is 2.10 bits per heavy atom. The summed E-state index contributed by atoms with van der Waals surface area (Å²) in [5, 5.41) is 20.2. The first-order valence-corrected chi connectivity index (χ1v) is 11.8. The highest BCUT2D eigenvalue weighted by Crippen LogP contribution is 2.62. The van der Waals surface area contributed by atoms with E-state index < -0.39 is 6.10 Å². The van der Waals surface area contributed by atoms with Crippen LogP contribution in [0.2, 0.25) is 0 Å². The van der Waals surface area contributed by atoms with Gasteiger partial charge in [0.25, 0.3) is 0 Å². The van der Waals surface area contributed by atoms with Crippen molar-refractivity contribution in [3.05, 3.63) is 34.9 Å². The second-order valence-electron chi connectivity index (χ2n) is 10.5. The smallest absolute Gasteiger partial charge is 0.159 e. The Hall–Kier alpha value is -1.23. The maximum Gasteiger partial charge on any atom is 0.159 e. The van der Waals surface area contributed by atoms with Crippen LogP contribution in [0.4, 0.5) is 0 Å². The van der Waals surface area contributed by atoms with Gasteiger partial charge in [-0.2, -0.15) is 0 Å². The van der Waals surface area contributed by atoms with Gasteiger partial charge in [0.2, 0.25) is 0 Å². The van der Waals surface area contributed by atoms with Gasteiger partial charge in [-0.25, -0.2) is 0 Å². The number of carbonyl (C=O) groups excluding carboxylic acids is 1. The van der Waals surface area contributed by atoms with Crippen LogP contribution in [0.1, 0.15) is 65.7 Å². The van der Waals surface area contributed by atoms with E-state index in [1.807, 2.05) is 6.08 Å². The number of aliphatic hydroxyl groups is 2. The molecule has 30 heavy (non-hydrogen) atoms. The summed E-state index contributed by atoms with van der Waals surface area (Å²) in [5.41, 5.74) is 4.23. The SMILES string of the molecule is CO[C@@H](/C=C(\C)C1CC[C@H]2C3=CC(=O)[C@H]4CC(=CC[C@H](O)C4)[C@H]3CC[C@]12C)[C@@H](C)O. The van der Waals surface area contributed by atoms with Crippen molar-refractivity contribution in [1.82, 2.24) is 0 Å². The fourth-order valence-electron chi connectivity index (χ4n) is 7.07. The van der Waals surface area contributed by atoms with E-state index in [1.165, 1.54) is 16.7 Å². The minimum absolute atomic E-state index is 0.0505. The van der Waals surface area contributed by atoms with Gasteiger partial charge in [-0.3, -0.25) is 4.79 Å². The van der Waals surface area contributed by atoms with E-state index in [9.17, 15) is 15.0 Å². The molecule has 1 unspecified atom stereocenters. The lowest BCUT2D eigenvalue weighted by molar-refractivity contribution is -0.119. The molecule has 0 aromatic carbocycles. The number of methoxy groups -OCH3 is 1. The van der Waals surface area contributed by atoms with Crippen LogP contribution in [0, 0.1) is 29.1 Å². The van der Waals surface area contributed by atoms with Crippen LogP contribution in [0.25, 0.3) is 0 Å². The number of ether oxygens (including phenoxy) is 1. The van der Waals surface area contributed by atoms with Crippen molar-refractivity contribution in [3.63, 3.8) is 0 Å². The average Bonchev–Trinajstić information content (AvgIpc) is 2.84. The minimum Gasteiger partial charge on any atom is -0.393 e. The predicted octanol–water partition coefficient (Wildman–Crippen LogP) is 4.37. The number of hydrogen-bond donors (Lipinski definition) is 2. The largest absolute Gasteiger partial charge is 0.393 e. The zero-order valence-electron chi connectivity index (χ0n) is 18.9. The molecule has 0 aromatic rings. The van der Waals surface area contributed by atoms with Crippen molar-refractivity contribution in [1.29, 1.82) is 0 Å². The summed E-state index contributed by atoms with van der Waals surface area (Å²) >= 11 is 0. The molecule has 4 heteroatoms. The summed E-state index contributed by atoms with van der Waals surface area (Å²) in [6.45, 7) is 6.38. The van der Waals surface area contributed by atoms with Crippen LogP contribution in [0.5, 0.6) is 0 Å². The maximum atomic E-state index is 13.1. The summed E-state index contributed by atoms with van der Waals surface area (Å²) in [7, 11) is 1.65. The molecule has 0 radical (unpaired) electrons. The summed E-state index contributed by atoms with van der Waals surface area (Å²) in [5.74, 6) is 1.46. The normalized spacial score (nSPS) is 41.1. The lowest BCUT2D eigenvalue weighted by atomic mass is 9.58. The van der Waals surface area contributed by atoms with E-state index in [2.05, 4.69) is 26.0 Å². The summed E-state index contributed by atoms with van der Waals surface area (Å²) in [4.78, 5) is 13.1. The molecule has 8 atom stereocenters. The van der Waals surface area contributed by atoms with Crippen LogP contribution >= 0.6 is 0 Å². The zero-order valence-corrected chi connectivity index (χ0v) is 18.9. The first-order chi connectivity index (χ1) is 14.2. The van der Waals surface area contributed by atoms with Crippen molar-refractivity contribution < 1.29 is 19.7 Å². The van der Waals surface area contributed by atoms with Crippen molar-refractivity contribution >= 4 is 5.78 Å². The quantitative estimate of drug-likeness (QED) is 0.671. The first kappa shape index (κ1) is 22.0. The molecule has 0 heterocycles. The average molecular weight is 415 g/mol. The topological polar surface area (TPSA) is 66.8 Å². The Morgan fingerprint density at radius 1 is 1.33 bits per heavy atom. The van der Waals surface area contributed by atoms with Crippen LogP contribution in [-0.4, -0.2) is 41.4 Å². The van der Waals surface area contributed by atoms with Crippen LogP contribution in [-0.2, 0) is 9.53 Å². The van der Waals surface area contributed by atoms with Gasteiger partial charge in [0, 0.05) is 18.9 Å². The number of hydrogen-bond acceptors (Lipinski definition) is 4. The Balaban J connectivity index is 1.65. The fourth-order valence-corrected chi connectivity index (χ4v) is 7.07. The fraction of sp³-hybridized carbons (Fsp3) is 0.731. The highest BCUT2D eigenvalue weighted by atomic mass is 16.5. The molecule has 0 aromatic heterocycles. The third-order valence-electron chi connectivity index (χ3n) is 8.69. The molecule has 2 bridgehead atoms.